The van der Waals surface area contributed by atoms with Crippen LogP contribution in [0.25, 0.3) is 0 Å². The molecule has 154 valence electrons. The van der Waals surface area contributed by atoms with Gasteiger partial charge in [-0.2, -0.15) is 0 Å². The molecule has 2 aliphatic rings. The Morgan fingerprint density at radius 1 is 1.07 bits per heavy atom. The third-order valence-corrected chi connectivity index (χ3v) is 5.86. The van der Waals surface area contributed by atoms with Crippen LogP contribution in [-0.2, 0) is 13.0 Å². The monoisotopic (exact) mass is 413 g/mol. The van der Waals surface area contributed by atoms with Crippen molar-refractivity contribution in [2.24, 2.45) is 5.92 Å². The molecule has 1 heterocycles. The lowest BCUT2D eigenvalue weighted by Crippen LogP contribution is -2.29. The first-order valence-corrected chi connectivity index (χ1v) is 9.91. The molecule has 0 N–H and O–H groups in total. The Morgan fingerprint density at radius 2 is 1.79 bits per heavy atom. The number of benzene rings is 2. The largest absolute Gasteiger partial charge is 0.493 e. The number of ether oxygens (including phenoxy) is 2. The molecule has 5 heteroatoms. The number of halogens is 1. The summed E-state index contributed by atoms with van der Waals surface area (Å²) in [5, 5.41) is 0. The highest BCUT2D eigenvalue weighted by Gasteiger charge is 2.32. The van der Waals surface area contributed by atoms with E-state index in [1.165, 1.54) is 11.1 Å². The summed E-state index contributed by atoms with van der Waals surface area (Å²) >= 11 is 0. The molecule has 4 nitrogen and oxygen atoms in total. The number of nitrogens with zero attached hydrogens (tertiary/aromatic N) is 1. The van der Waals surface area contributed by atoms with Crippen LogP contribution in [0, 0.1) is 5.92 Å². The topological polar surface area (TPSA) is 38.8 Å². The molecule has 4 rings (SSSR count). The molecule has 1 atom stereocenters. The smallest absolute Gasteiger partial charge is 0.167 e. The number of carbonyl (C=O) groups is 1. The number of hydrogen-bond donors (Lipinski definition) is 0. The Morgan fingerprint density at radius 3 is 2.45 bits per heavy atom. The molecular weight excluding hydrogens is 386 g/mol. The molecular formula is C24H28ClNO3. The molecule has 2 aromatic rings. The summed E-state index contributed by atoms with van der Waals surface area (Å²) in [7, 11) is 3.24. The van der Waals surface area contributed by atoms with E-state index in [-0.39, 0.29) is 24.1 Å². The van der Waals surface area contributed by atoms with E-state index in [9.17, 15) is 4.79 Å². The van der Waals surface area contributed by atoms with E-state index in [0.29, 0.717) is 11.5 Å². The number of carbonyl (C=O) groups excluding carboxylic acids is 1. The number of fused-ring (bicyclic) bond motifs is 1. The van der Waals surface area contributed by atoms with Crippen LogP contribution in [0.3, 0.4) is 0 Å². The zero-order chi connectivity index (χ0) is 19.5. The van der Waals surface area contributed by atoms with Crippen molar-refractivity contribution in [3.05, 3.63) is 70.8 Å². The van der Waals surface area contributed by atoms with Crippen LogP contribution in [0.1, 0.15) is 34.3 Å². The second kappa shape index (κ2) is 9.47. The predicted molar refractivity (Wildman–Crippen MR) is 117 cm³/mol. The standard InChI is InChI=1S/C24H27NO3.ClH/c1-27-22-14-19-13-20(24(26)21(19)15-23(22)28-2)12-17-8-10-25(11-9-17)16-18-6-4-3-5-7-18;/h3-8,14-15,20H,9-13,16H2,1-2H3;1H. The lowest BCUT2D eigenvalue weighted by Gasteiger charge is -2.27. The van der Waals surface area contributed by atoms with Crippen LogP contribution in [0.15, 0.2) is 54.1 Å². The minimum Gasteiger partial charge on any atom is -0.493 e. The molecule has 0 amide bonds. The van der Waals surface area contributed by atoms with Crippen molar-refractivity contribution in [2.45, 2.75) is 25.8 Å². The maximum Gasteiger partial charge on any atom is 0.167 e. The fraction of sp³-hybridized carbons (Fsp3) is 0.375. The van der Waals surface area contributed by atoms with Crippen LogP contribution in [0.2, 0.25) is 0 Å². The number of ketones is 1. The van der Waals surface area contributed by atoms with Crippen molar-refractivity contribution in [3.8, 4) is 11.5 Å². The van der Waals surface area contributed by atoms with E-state index in [1.807, 2.05) is 12.1 Å². The highest BCUT2D eigenvalue weighted by molar-refractivity contribution is 6.03. The molecule has 29 heavy (non-hydrogen) atoms. The molecule has 1 aliphatic heterocycles. The molecule has 0 aromatic heterocycles. The maximum absolute atomic E-state index is 12.9. The van der Waals surface area contributed by atoms with Gasteiger partial charge in [0.15, 0.2) is 17.3 Å². The molecule has 2 aromatic carbocycles. The second-order valence-electron chi connectivity index (χ2n) is 7.67. The highest BCUT2D eigenvalue weighted by atomic mass is 35.5. The Hall–Kier alpha value is -2.30. The van der Waals surface area contributed by atoms with E-state index in [1.54, 1.807) is 14.2 Å². The van der Waals surface area contributed by atoms with Gasteiger partial charge in [-0.1, -0.05) is 42.0 Å². The van der Waals surface area contributed by atoms with Crippen LogP contribution in [-0.4, -0.2) is 38.0 Å². The van der Waals surface area contributed by atoms with Gasteiger partial charge in [0.1, 0.15) is 0 Å². The van der Waals surface area contributed by atoms with Gasteiger partial charge in [-0.25, -0.2) is 0 Å². The van der Waals surface area contributed by atoms with Gasteiger partial charge in [-0.3, -0.25) is 9.69 Å². The Bertz CT molecular complexity index is 894. The molecule has 0 radical (unpaired) electrons. The lowest BCUT2D eigenvalue weighted by atomic mass is 9.92. The number of Topliss-reactive ketones (excluding diaryl/α,β-unsaturated/α-hetero) is 1. The van der Waals surface area contributed by atoms with Crippen molar-refractivity contribution in [1.82, 2.24) is 4.90 Å². The number of rotatable bonds is 6. The Kier molecular flexibility index (Phi) is 6.99. The fourth-order valence-corrected chi connectivity index (χ4v) is 4.30. The highest BCUT2D eigenvalue weighted by Crippen LogP contribution is 2.38. The molecule has 0 saturated heterocycles. The summed E-state index contributed by atoms with van der Waals surface area (Å²) in [5.74, 6) is 1.61. The Labute approximate surface area is 178 Å². The third-order valence-electron chi connectivity index (χ3n) is 5.86. The lowest BCUT2D eigenvalue weighted by molar-refractivity contribution is 0.0934. The van der Waals surface area contributed by atoms with Crippen molar-refractivity contribution in [1.29, 1.82) is 0 Å². The molecule has 0 bridgehead atoms. The van der Waals surface area contributed by atoms with Crippen molar-refractivity contribution in [2.75, 3.05) is 27.3 Å². The summed E-state index contributed by atoms with van der Waals surface area (Å²) in [5.41, 5.74) is 4.64. The molecule has 1 aliphatic carbocycles. The van der Waals surface area contributed by atoms with Crippen molar-refractivity contribution >= 4 is 18.2 Å². The quantitative estimate of drug-likeness (QED) is 0.643. The van der Waals surface area contributed by atoms with E-state index >= 15 is 0 Å². The van der Waals surface area contributed by atoms with Crippen molar-refractivity contribution in [3.63, 3.8) is 0 Å². The van der Waals surface area contributed by atoms with Crippen LogP contribution < -0.4 is 9.47 Å². The van der Waals surface area contributed by atoms with Gasteiger partial charge < -0.3 is 9.47 Å². The minimum atomic E-state index is 0. The van der Waals surface area contributed by atoms with E-state index in [4.69, 9.17) is 9.47 Å². The zero-order valence-electron chi connectivity index (χ0n) is 17.0. The normalized spacial score (nSPS) is 18.6. The molecule has 0 saturated carbocycles. The summed E-state index contributed by atoms with van der Waals surface area (Å²) in [6, 6.07) is 14.4. The first-order valence-electron chi connectivity index (χ1n) is 9.91. The summed E-state index contributed by atoms with van der Waals surface area (Å²) in [6.45, 7) is 2.99. The zero-order valence-corrected chi connectivity index (χ0v) is 17.8. The van der Waals surface area contributed by atoms with Gasteiger partial charge in [-0.15, -0.1) is 12.4 Å². The summed E-state index contributed by atoms with van der Waals surface area (Å²) in [6.07, 6.45) is 5.01. The predicted octanol–water partition coefficient (Wildman–Crippen LogP) is 4.70. The van der Waals surface area contributed by atoms with E-state index in [0.717, 1.165) is 50.0 Å². The van der Waals surface area contributed by atoms with Gasteiger partial charge in [0, 0.05) is 31.1 Å². The maximum atomic E-state index is 12.9. The summed E-state index contributed by atoms with van der Waals surface area (Å²) in [4.78, 5) is 15.4. The van der Waals surface area contributed by atoms with Crippen LogP contribution in [0.5, 0.6) is 11.5 Å². The van der Waals surface area contributed by atoms with Gasteiger partial charge in [0.05, 0.1) is 14.2 Å². The second-order valence-corrected chi connectivity index (χ2v) is 7.67. The fourth-order valence-electron chi connectivity index (χ4n) is 4.30. The summed E-state index contributed by atoms with van der Waals surface area (Å²) < 4.78 is 10.8. The first-order chi connectivity index (χ1) is 13.7. The average molecular weight is 414 g/mol. The molecule has 0 fully saturated rings. The Balaban J connectivity index is 0.00000240. The van der Waals surface area contributed by atoms with Crippen LogP contribution in [0.4, 0.5) is 0 Å². The molecule has 1 unspecified atom stereocenters. The van der Waals surface area contributed by atoms with Gasteiger partial charge in [0.25, 0.3) is 0 Å². The van der Waals surface area contributed by atoms with E-state index < -0.39 is 0 Å². The number of methoxy groups -OCH3 is 2. The van der Waals surface area contributed by atoms with Gasteiger partial charge in [0.2, 0.25) is 0 Å². The first kappa shape index (κ1) is 21.4. The number of hydrogen-bond acceptors (Lipinski definition) is 4. The van der Waals surface area contributed by atoms with Crippen molar-refractivity contribution < 1.29 is 14.3 Å². The van der Waals surface area contributed by atoms with Gasteiger partial charge in [-0.05, 0) is 42.5 Å². The average Bonchev–Trinajstić information content (AvgIpc) is 3.03. The molecule has 0 spiro atoms. The van der Waals surface area contributed by atoms with Gasteiger partial charge >= 0.3 is 0 Å². The minimum absolute atomic E-state index is 0. The third kappa shape index (κ3) is 4.65. The van der Waals surface area contributed by atoms with E-state index in [2.05, 4.69) is 41.3 Å². The SMILES string of the molecule is COc1cc2c(cc1OC)C(=O)C(CC1=CCN(Cc3ccccc3)CC1)C2.Cl. The van der Waals surface area contributed by atoms with Crippen LogP contribution >= 0.6 is 12.4 Å².